The van der Waals surface area contributed by atoms with Crippen molar-refractivity contribution < 1.29 is 0 Å². The van der Waals surface area contributed by atoms with Gasteiger partial charge in [0.05, 0.1) is 6.54 Å². The second kappa shape index (κ2) is 9.66. The molecule has 1 atom stereocenters. The van der Waals surface area contributed by atoms with Gasteiger partial charge < -0.3 is 10.6 Å². The first kappa shape index (κ1) is 16.8. The van der Waals surface area contributed by atoms with E-state index in [0.29, 0.717) is 18.5 Å². The maximum absolute atomic E-state index is 5.27. The highest BCUT2D eigenvalue weighted by atomic mass is 15.2. The SMILES string of the molecule is C#CCNC(=NC)NCC(C(C)C)N1CCCCCC1. The van der Waals surface area contributed by atoms with Crippen molar-refractivity contribution in [2.24, 2.45) is 10.9 Å². The summed E-state index contributed by atoms with van der Waals surface area (Å²) in [5.74, 6) is 4.00. The van der Waals surface area contributed by atoms with Gasteiger partial charge in [-0.25, -0.2) is 0 Å². The highest BCUT2D eigenvalue weighted by Gasteiger charge is 2.22. The van der Waals surface area contributed by atoms with Crippen LogP contribution < -0.4 is 10.6 Å². The summed E-state index contributed by atoms with van der Waals surface area (Å²) < 4.78 is 0. The van der Waals surface area contributed by atoms with Gasteiger partial charge in [0.1, 0.15) is 0 Å². The molecule has 0 amide bonds. The van der Waals surface area contributed by atoms with Gasteiger partial charge >= 0.3 is 0 Å². The van der Waals surface area contributed by atoms with E-state index in [0.717, 1.165) is 12.5 Å². The Balaban J connectivity index is 2.51. The van der Waals surface area contributed by atoms with Crippen LogP contribution in [-0.4, -0.2) is 50.1 Å². The highest BCUT2D eigenvalue weighted by Crippen LogP contribution is 2.16. The van der Waals surface area contributed by atoms with Crippen LogP contribution in [0, 0.1) is 18.3 Å². The molecule has 1 unspecified atom stereocenters. The molecule has 20 heavy (non-hydrogen) atoms. The van der Waals surface area contributed by atoms with Gasteiger partial charge in [-0.2, -0.15) is 0 Å². The standard InChI is InChI=1S/C16H30N4/c1-5-10-18-16(17-4)19-13-15(14(2)3)20-11-8-6-7-9-12-20/h1,14-15H,6-13H2,2-4H3,(H2,17,18,19). The van der Waals surface area contributed by atoms with Gasteiger partial charge in [-0.05, 0) is 31.8 Å². The minimum absolute atomic E-state index is 0.510. The van der Waals surface area contributed by atoms with Crippen molar-refractivity contribution >= 4 is 5.96 Å². The molecule has 4 heteroatoms. The normalized spacial score (nSPS) is 19.2. The lowest BCUT2D eigenvalue weighted by Gasteiger charge is -2.34. The lowest BCUT2D eigenvalue weighted by molar-refractivity contribution is 0.161. The lowest BCUT2D eigenvalue weighted by Crippen LogP contribution is -2.49. The van der Waals surface area contributed by atoms with Crippen LogP contribution in [0.5, 0.6) is 0 Å². The Morgan fingerprint density at radius 1 is 1.20 bits per heavy atom. The molecule has 0 aromatic heterocycles. The summed E-state index contributed by atoms with van der Waals surface area (Å²) in [5.41, 5.74) is 0. The Labute approximate surface area is 124 Å². The molecule has 1 saturated heterocycles. The average Bonchev–Trinajstić information content (AvgIpc) is 2.71. The first-order valence-corrected chi connectivity index (χ1v) is 7.81. The fraction of sp³-hybridized carbons (Fsp3) is 0.812. The minimum atomic E-state index is 0.510. The van der Waals surface area contributed by atoms with Gasteiger partial charge in [-0.15, -0.1) is 6.42 Å². The van der Waals surface area contributed by atoms with Crippen LogP contribution in [0.2, 0.25) is 0 Å². The average molecular weight is 278 g/mol. The molecule has 114 valence electrons. The van der Waals surface area contributed by atoms with Crippen LogP contribution >= 0.6 is 0 Å². The molecular formula is C16H30N4. The molecule has 0 saturated carbocycles. The number of guanidine groups is 1. The van der Waals surface area contributed by atoms with Crippen molar-refractivity contribution in [2.45, 2.75) is 45.6 Å². The van der Waals surface area contributed by atoms with Gasteiger partial charge in [-0.3, -0.25) is 9.89 Å². The smallest absolute Gasteiger partial charge is 0.191 e. The van der Waals surface area contributed by atoms with Crippen LogP contribution in [0.15, 0.2) is 4.99 Å². The maximum atomic E-state index is 5.27. The van der Waals surface area contributed by atoms with E-state index >= 15 is 0 Å². The van der Waals surface area contributed by atoms with Crippen LogP contribution in [-0.2, 0) is 0 Å². The molecule has 0 radical (unpaired) electrons. The second-order valence-corrected chi connectivity index (χ2v) is 5.77. The number of aliphatic imine (C=N–C) groups is 1. The van der Waals surface area contributed by atoms with E-state index in [1.165, 1.54) is 38.8 Å². The molecule has 1 rings (SSSR count). The first-order chi connectivity index (χ1) is 9.69. The summed E-state index contributed by atoms with van der Waals surface area (Å²) in [4.78, 5) is 6.84. The fourth-order valence-electron chi connectivity index (χ4n) is 2.77. The molecule has 1 heterocycles. The zero-order valence-corrected chi connectivity index (χ0v) is 13.3. The molecule has 0 bridgehead atoms. The number of nitrogens with one attached hydrogen (secondary N) is 2. The van der Waals surface area contributed by atoms with Gasteiger partial charge in [-0.1, -0.05) is 32.6 Å². The lowest BCUT2D eigenvalue weighted by atomic mass is 10.0. The summed E-state index contributed by atoms with van der Waals surface area (Å²) in [6.07, 6.45) is 10.7. The van der Waals surface area contributed by atoms with E-state index in [1.807, 2.05) is 0 Å². The van der Waals surface area contributed by atoms with Crippen LogP contribution in [0.3, 0.4) is 0 Å². The third-order valence-electron chi connectivity index (χ3n) is 3.94. The predicted octanol–water partition coefficient (Wildman–Crippen LogP) is 1.69. The Morgan fingerprint density at radius 3 is 2.35 bits per heavy atom. The summed E-state index contributed by atoms with van der Waals surface area (Å²) in [6.45, 7) is 8.48. The van der Waals surface area contributed by atoms with Gasteiger partial charge in [0, 0.05) is 19.6 Å². The molecule has 1 aliphatic heterocycles. The zero-order valence-electron chi connectivity index (χ0n) is 13.3. The molecule has 0 aliphatic carbocycles. The molecular weight excluding hydrogens is 248 g/mol. The third kappa shape index (κ3) is 5.83. The molecule has 2 N–H and O–H groups in total. The summed E-state index contributed by atoms with van der Waals surface area (Å²) >= 11 is 0. The topological polar surface area (TPSA) is 39.7 Å². The first-order valence-electron chi connectivity index (χ1n) is 7.81. The fourth-order valence-corrected chi connectivity index (χ4v) is 2.77. The Morgan fingerprint density at radius 2 is 1.85 bits per heavy atom. The molecule has 0 aromatic rings. The second-order valence-electron chi connectivity index (χ2n) is 5.77. The van der Waals surface area contributed by atoms with Crippen molar-refractivity contribution in [3.05, 3.63) is 0 Å². The molecule has 0 aromatic carbocycles. The number of terminal acetylenes is 1. The number of hydrogen-bond acceptors (Lipinski definition) is 2. The van der Waals surface area contributed by atoms with E-state index in [1.54, 1.807) is 7.05 Å². The van der Waals surface area contributed by atoms with E-state index in [9.17, 15) is 0 Å². The van der Waals surface area contributed by atoms with Crippen LogP contribution in [0.4, 0.5) is 0 Å². The van der Waals surface area contributed by atoms with Crippen molar-refractivity contribution in [3.8, 4) is 12.3 Å². The molecule has 4 nitrogen and oxygen atoms in total. The van der Waals surface area contributed by atoms with Gasteiger partial charge in [0.25, 0.3) is 0 Å². The highest BCUT2D eigenvalue weighted by molar-refractivity contribution is 5.79. The molecule has 1 aliphatic rings. The van der Waals surface area contributed by atoms with Crippen LogP contribution in [0.25, 0.3) is 0 Å². The molecule has 1 fully saturated rings. The van der Waals surface area contributed by atoms with E-state index in [4.69, 9.17) is 6.42 Å². The number of likely N-dealkylation sites (tertiary alicyclic amines) is 1. The van der Waals surface area contributed by atoms with E-state index in [2.05, 4.69) is 40.3 Å². The van der Waals surface area contributed by atoms with E-state index in [-0.39, 0.29) is 0 Å². The van der Waals surface area contributed by atoms with Crippen molar-refractivity contribution in [3.63, 3.8) is 0 Å². The minimum Gasteiger partial charge on any atom is -0.355 e. The quantitative estimate of drug-likeness (QED) is 0.457. The van der Waals surface area contributed by atoms with Gasteiger partial charge in [0.2, 0.25) is 0 Å². The predicted molar refractivity (Wildman–Crippen MR) is 86.9 cm³/mol. The van der Waals surface area contributed by atoms with Crippen molar-refractivity contribution in [1.82, 2.24) is 15.5 Å². The Hall–Kier alpha value is -1.21. The molecule has 0 spiro atoms. The number of hydrogen-bond donors (Lipinski definition) is 2. The van der Waals surface area contributed by atoms with E-state index < -0.39 is 0 Å². The van der Waals surface area contributed by atoms with Gasteiger partial charge in [0.15, 0.2) is 5.96 Å². The Bertz CT molecular complexity index is 322. The third-order valence-corrected chi connectivity index (χ3v) is 3.94. The maximum Gasteiger partial charge on any atom is 0.191 e. The largest absolute Gasteiger partial charge is 0.355 e. The summed E-state index contributed by atoms with van der Waals surface area (Å²) in [7, 11) is 1.78. The van der Waals surface area contributed by atoms with Crippen molar-refractivity contribution in [1.29, 1.82) is 0 Å². The van der Waals surface area contributed by atoms with Crippen molar-refractivity contribution in [2.75, 3.05) is 33.2 Å². The number of nitrogens with zero attached hydrogens (tertiary/aromatic N) is 2. The zero-order chi connectivity index (χ0) is 14.8. The summed E-state index contributed by atoms with van der Waals surface area (Å²) in [5, 5.41) is 6.52. The summed E-state index contributed by atoms with van der Waals surface area (Å²) in [6, 6.07) is 0.553. The Kier molecular flexibility index (Phi) is 8.13. The van der Waals surface area contributed by atoms with Crippen LogP contribution in [0.1, 0.15) is 39.5 Å². The monoisotopic (exact) mass is 278 g/mol. The number of rotatable bonds is 5.